The normalized spacial score (nSPS) is 21.2. The SMILES string of the molecule is COc1ccc2c(c1)CC[C@@H]1CCNC(=O)C(CC(C)N(C)C(C)C)=C21. The van der Waals surface area contributed by atoms with Gasteiger partial charge in [0.2, 0.25) is 5.91 Å². The van der Waals surface area contributed by atoms with Crippen LogP contribution in [0.4, 0.5) is 0 Å². The molecule has 142 valence electrons. The first-order chi connectivity index (χ1) is 12.4. The minimum absolute atomic E-state index is 0.121. The summed E-state index contributed by atoms with van der Waals surface area (Å²) in [5.41, 5.74) is 4.84. The summed E-state index contributed by atoms with van der Waals surface area (Å²) in [6.45, 7) is 7.40. The Labute approximate surface area is 157 Å². The molecular formula is C22H32N2O2. The first-order valence-corrected chi connectivity index (χ1v) is 9.82. The highest BCUT2D eigenvalue weighted by molar-refractivity contribution is 6.02. The van der Waals surface area contributed by atoms with Crippen molar-refractivity contribution in [1.29, 1.82) is 0 Å². The highest BCUT2D eigenvalue weighted by Crippen LogP contribution is 2.42. The van der Waals surface area contributed by atoms with Crippen molar-refractivity contribution >= 4 is 11.5 Å². The molecule has 0 spiro atoms. The number of amides is 1. The smallest absolute Gasteiger partial charge is 0.247 e. The fourth-order valence-corrected chi connectivity index (χ4v) is 4.30. The van der Waals surface area contributed by atoms with Crippen LogP contribution in [0.15, 0.2) is 23.8 Å². The van der Waals surface area contributed by atoms with Crippen LogP contribution in [0.2, 0.25) is 0 Å². The van der Waals surface area contributed by atoms with Gasteiger partial charge in [0.15, 0.2) is 0 Å². The molecule has 1 aliphatic heterocycles. The molecule has 2 aliphatic rings. The fraction of sp³-hybridized carbons (Fsp3) is 0.591. The third-order valence-corrected chi connectivity index (χ3v) is 6.16. The van der Waals surface area contributed by atoms with Gasteiger partial charge in [-0.3, -0.25) is 4.79 Å². The second kappa shape index (κ2) is 7.83. The third kappa shape index (κ3) is 3.66. The molecule has 2 atom stereocenters. The molecule has 1 aromatic rings. The van der Waals surface area contributed by atoms with Gasteiger partial charge in [0.1, 0.15) is 5.75 Å². The minimum atomic E-state index is 0.121. The molecule has 1 amide bonds. The number of fused-ring (bicyclic) bond motifs is 3. The monoisotopic (exact) mass is 356 g/mol. The lowest BCUT2D eigenvalue weighted by atomic mass is 9.75. The Hall–Kier alpha value is -1.81. The zero-order valence-corrected chi connectivity index (χ0v) is 16.8. The van der Waals surface area contributed by atoms with E-state index in [2.05, 4.69) is 50.2 Å². The van der Waals surface area contributed by atoms with E-state index in [-0.39, 0.29) is 5.91 Å². The van der Waals surface area contributed by atoms with Crippen LogP contribution >= 0.6 is 0 Å². The molecule has 0 radical (unpaired) electrons. The van der Waals surface area contributed by atoms with Gasteiger partial charge in [0, 0.05) is 24.2 Å². The summed E-state index contributed by atoms with van der Waals surface area (Å²) in [6.07, 6.45) is 3.99. The quantitative estimate of drug-likeness (QED) is 0.876. The highest BCUT2D eigenvalue weighted by atomic mass is 16.5. The van der Waals surface area contributed by atoms with E-state index in [1.807, 2.05) is 6.07 Å². The molecule has 1 unspecified atom stereocenters. The van der Waals surface area contributed by atoms with E-state index in [4.69, 9.17) is 4.74 Å². The molecular weight excluding hydrogens is 324 g/mol. The van der Waals surface area contributed by atoms with Crippen LogP contribution in [0, 0.1) is 5.92 Å². The van der Waals surface area contributed by atoms with E-state index in [1.165, 1.54) is 16.7 Å². The van der Waals surface area contributed by atoms with Crippen molar-refractivity contribution in [1.82, 2.24) is 10.2 Å². The van der Waals surface area contributed by atoms with Crippen LogP contribution in [0.1, 0.15) is 51.2 Å². The molecule has 1 aromatic carbocycles. The third-order valence-electron chi connectivity index (χ3n) is 6.16. The molecule has 1 N–H and O–H groups in total. The number of carbonyl (C=O) groups is 1. The number of benzene rings is 1. The molecule has 0 saturated carbocycles. The number of hydrogen-bond acceptors (Lipinski definition) is 3. The van der Waals surface area contributed by atoms with E-state index in [1.54, 1.807) is 7.11 Å². The van der Waals surface area contributed by atoms with Crippen LogP contribution in [0.3, 0.4) is 0 Å². The number of hydrogen-bond donors (Lipinski definition) is 1. The van der Waals surface area contributed by atoms with Gasteiger partial charge in [-0.15, -0.1) is 0 Å². The van der Waals surface area contributed by atoms with Gasteiger partial charge in [-0.25, -0.2) is 0 Å². The van der Waals surface area contributed by atoms with Gasteiger partial charge in [0.05, 0.1) is 7.11 Å². The fourth-order valence-electron chi connectivity index (χ4n) is 4.30. The van der Waals surface area contributed by atoms with Gasteiger partial charge in [0.25, 0.3) is 0 Å². The first kappa shape index (κ1) is 19.0. The average Bonchev–Trinajstić information content (AvgIpc) is 2.79. The number of allylic oxidation sites excluding steroid dienone is 1. The molecule has 3 rings (SSSR count). The van der Waals surface area contributed by atoms with Gasteiger partial charge in [-0.05, 0) is 88.3 Å². The Morgan fingerprint density at radius 1 is 1.27 bits per heavy atom. The van der Waals surface area contributed by atoms with Crippen molar-refractivity contribution in [3.05, 3.63) is 34.9 Å². The van der Waals surface area contributed by atoms with Crippen molar-refractivity contribution in [2.45, 2.75) is 58.5 Å². The molecule has 4 nitrogen and oxygen atoms in total. The van der Waals surface area contributed by atoms with Gasteiger partial charge >= 0.3 is 0 Å². The van der Waals surface area contributed by atoms with Crippen molar-refractivity contribution in [3.63, 3.8) is 0 Å². The summed E-state index contributed by atoms with van der Waals surface area (Å²) in [6, 6.07) is 7.11. The van der Waals surface area contributed by atoms with Crippen LogP contribution in [0.25, 0.3) is 5.57 Å². The lowest BCUT2D eigenvalue weighted by Crippen LogP contribution is -2.37. The predicted octanol–water partition coefficient (Wildman–Crippen LogP) is 3.65. The van der Waals surface area contributed by atoms with Crippen LogP contribution in [-0.4, -0.2) is 43.6 Å². The number of carbonyl (C=O) groups excluding carboxylic acids is 1. The van der Waals surface area contributed by atoms with Crippen LogP contribution < -0.4 is 10.1 Å². The molecule has 0 fully saturated rings. The summed E-state index contributed by atoms with van der Waals surface area (Å²) in [5, 5.41) is 3.14. The first-order valence-electron chi connectivity index (χ1n) is 9.82. The van der Waals surface area contributed by atoms with Crippen LogP contribution in [-0.2, 0) is 11.2 Å². The van der Waals surface area contributed by atoms with E-state index >= 15 is 0 Å². The predicted molar refractivity (Wildman–Crippen MR) is 106 cm³/mol. The molecule has 1 heterocycles. The van der Waals surface area contributed by atoms with Crippen molar-refractivity contribution < 1.29 is 9.53 Å². The number of rotatable bonds is 5. The maximum absolute atomic E-state index is 12.9. The van der Waals surface area contributed by atoms with Crippen molar-refractivity contribution in [3.8, 4) is 5.75 Å². The number of nitrogens with one attached hydrogen (secondary N) is 1. The zero-order chi connectivity index (χ0) is 18.8. The van der Waals surface area contributed by atoms with Crippen molar-refractivity contribution in [2.24, 2.45) is 5.92 Å². The maximum atomic E-state index is 12.9. The lowest BCUT2D eigenvalue weighted by molar-refractivity contribution is -0.117. The van der Waals surface area contributed by atoms with E-state index in [0.29, 0.717) is 18.0 Å². The second-order valence-electron chi connectivity index (χ2n) is 8.01. The number of ether oxygens (including phenoxy) is 1. The van der Waals surface area contributed by atoms with Gasteiger partial charge < -0.3 is 15.0 Å². The van der Waals surface area contributed by atoms with Gasteiger partial charge in [-0.2, -0.15) is 0 Å². The summed E-state index contributed by atoms with van der Waals surface area (Å²) in [5.74, 6) is 1.49. The Morgan fingerprint density at radius 3 is 2.73 bits per heavy atom. The standard InChI is InChI=1S/C22H32N2O2/c1-14(2)24(4)15(3)12-20-21-16(10-11-23-22(20)25)6-7-17-13-18(26-5)8-9-19(17)21/h8-9,13-16H,6-7,10-12H2,1-5H3,(H,23,25)/t15?,16-/m1/s1. The minimum Gasteiger partial charge on any atom is -0.497 e. The molecule has 0 saturated heterocycles. The molecule has 26 heavy (non-hydrogen) atoms. The number of nitrogens with zero attached hydrogens (tertiary/aromatic N) is 1. The van der Waals surface area contributed by atoms with Gasteiger partial charge in [-0.1, -0.05) is 6.07 Å². The topological polar surface area (TPSA) is 41.6 Å². The van der Waals surface area contributed by atoms with Crippen LogP contribution in [0.5, 0.6) is 5.75 Å². The lowest BCUT2D eigenvalue weighted by Gasteiger charge is -2.32. The number of aryl methyl sites for hydroxylation is 1. The summed E-state index contributed by atoms with van der Waals surface area (Å²) < 4.78 is 5.41. The Balaban J connectivity index is 2.06. The van der Waals surface area contributed by atoms with E-state index in [9.17, 15) is 4.79 Å². The summed E-state index contributed by atoms with van der Waals surface area (Å²) in [7, 11) is 3.85. The molecule has 4 heteroatoms. The highest BCUT2D eigenvalue weighted by Gasteiger charge is 2.32. The molecule has 0 aromatic heterocycles. The number of methoxy groups -OCH3 is 1. The van der Waals surface area contributed by atoms with E-state index < -0.39 is 0 Å². The Morgan fingerprint density at radius 2 is 2.04 bits per heavy atom. The van der Waals surface area contributed by atoms with E-state index in [0.717, 1.165) is 43.6 Å². The van der Waals surface area contributed by atoms with Crippen molar-refractivity contribution in [2.75, 3.05) is 20.7 Å². The summed E-state index contributed by atoms with van der Waals surface area (Å²) >= 11 is 0. The summed E-state index contributed by atoms with van der Waals surface area (Å²) in [4.78, 5) is 15.3. The second-order valence-corrected chi connectivity index (χ2v) is 8.01. The largest absolute Gasteiger partial charge is 0.497 e. The molecule has 0 bridgehead atoms. The average molecular weight is 357 g/mol. The zero-order valence-electron chi connectivity index (χ0n) is 16.8. The maximum Gasteiger partial charge on any atom is 0.247 e. The Bertz CT molecular complexity index is 708. The Kier molecular flexibility index (Phi) is 5.71. The molecule has 1 aliphatic carbocycles.